The van der Waals surface area contributed by atoms with Crippen molar-refractivity contribution in [3.05, 3.63) is 71.5 Å². The van der Waals surface area contributed by atoms with E-state index in [9.17, 15) is 18.3 Å². The summed E-state index contributed by atoms with van der Waals surface area (Å²) < 4.78 is 50.7. The highest BCUT2D eigenvalue weighted by Gasteiger charge is 2.35. The van der Waals surface area contributed by atoms with E-state index < -0.39 is 17.9 Å². The molecule has 4 aromatic rings. The van der Waals surface area contributed by atoms with Crippen molar-refractivity contribution >= 4 is 23.2 Å². The molecule has 0 unspecified atom stereocenters. The van der Waals surface area contributed by atoms with Gasteiger partial charge in [-0.05, 0) is 49.6 Å². The molecule has 13 heteroatoms. The quantitative estimate of drug-likeness (QED) is 0.331. The van der Waals surface area contributed by atoms with Crippen molar-refractivity contribution in [2.24, 2.45) is 0 Å². The molecule has 9 nitrogen and oxygen atoms in total. The van der Waals surface area contributed by atoms with Crippen LogP contribution in [0.25, 0.3) is 5.69 Å². The topological polar surface area (TPSA) is 99.3 Å². The SMILES string of the molecule is COc1cc(Nc2nc3n(n2)CC[C@@](C)(O)C[C@@H]3c2ccc(OC(F)(F)F)cc2)ccc1-n1cnc(Cl)c1. The highest BCUT2D eigenvalue weighted by molar-refractivity contribution is 6.29. The van der Waals surface area contributed by atoms with E-state index in [2.05, 4.69) is 20.1 Å². The fourth-order valence-corrected chi connectivity index (χ4v) is 4.66. The van der Waals surface area contributed by atoms with E-state index in [4.69, 9.17) is 21.3 Å². The van der Waals surface area contributed by atoms with Gasteiger partial charge in [-0.25, -0.2) is 9.67 Å². The van der Waals surface area contributed by atoms with Crippen molar-refractivity contribution in [1.82, 2.24) is 24.3 Å². The first-order valence-electron chi connectivity index (χ1n) is 11.7. The Morgan fingerprint density at radius 1 is 1.18 bits per heavy atom. The predicted molar refractivity (Wildman–Crippen MR) is 133 cm³/mol. The average Bonchev–Trinajstić information content (AvgIpc) is 3.44. The number of nitrogens with one attached hydrogen (secondary N) is 1. The van der Waals surface area contributed by atoms with Gasteiger partial charge in [0.15, 0.2) is 0 Å². The lowest BCUT2D eigenvalue weighted by molar-refractivity contribution is -0.274. The van der Waals surface area contributed by atoms with E-state index >= 15 is 0 Å². The standard InChI is InChI=1S/C25H24ClF3N6O3/c1-24(36)9-10-35-22(18(12-24)15-3-6-17(7-4-15)38-25(27,28)29)32-23(33-35)31-16-5-8-19(20(11-16)37-2)34-13-21(26)30-14-34/h3-8,11,13-14,18,36H,9-10,12H2,1-2H3,(H,31,33)/t18-,24-/m1/s1. The van der Waals surface area contributed by atoms with Crippen LogP contribution in [0.4, 0.5) is 24.8 Å². The number of imidazole rings is 1. The molecule has 1 aliphatic rings. The lowest BCUT2D eigenvalue weighted by Crippen LogP contribution is -2.26. The Bertz CT molecular complexity index is 1440. The number of hydrogen-bond donors (Lipinski definition) is 2. The van der Waals surface area contributed by atoms with Crippen molar-refractivity contribution < 1.29 is 27.8 Å². The first-order chi connectivity index (χ1) is 18.0. The van der Waals surface area contributed by atoms with Crippen LogP contribution in [0, 0.1) is 0 Å². The number of methoxy groups -OCH3 is 1. The molecule has 0 aliphatic carbocycles. The van der Waals surface area contributed by atoms with Crippen LogP contribution in [-0.2, 0) is 6.54 Å². The maximum Gasteiger partial charge on any atom is 0.573 e. The van der Waals surface area contributed by atoms with E-state index in [1.807, 2.05) is 12.1 Å². The van der Waals surface area contributed by atoms with E-state index in [-0.39, 0.29) is 5.75 Å². The Labute approximate surface area is 220 Å². The molecule has 0 saturated carbocycles. The summed E-state index contributed by atoms with van der Waals surface area (Å²) in [6.07, 6.45) is -0.776. The number of rotatable bonds is 6. The monoisotopic (exact) mass is 548 g/mol. The summed E-state index contributed by atoms with van der Waals surface area (Å²) in [5.74, 6) is 0.773. The number of halogens is 4. The number of hydrogen-bond acceptors (Lipinski definition) is 7. The zero-order valence-electron chi connectivity index (χ0n) is 20.4. The molecule has 5 rings (SSSR count). The van der Waals surface area contributed by atoms with Crippen LogP contribution in [-0.4, -0.2) is 48.5 Å². The maximum atomic E-state index is 12.6. The molecule has 2 N–H and O–H groups in total. The first-order valence-corrected chi connectivity index (χ1v) is 12.1. The van der Waals surface area contributed by atoms with Gasteiger partial charge in [0.2, 0.25) is 5.95 Å². The average molecular weight is 549 g/mol. The van der Waals surface area contributed by atoms with Crippen LogP contribution in [0.2, 0.25) is 5.15 Å². The van der Waals surface area contributed by atoms with Crippen molar-refractivity contribution in [2.45, 2.75) is 44.2 Å². The van der Waals surface area contributed by atoms with Crippen LogP contribution in [0.3, 0.4) is 0 Å². The van der Waals surface area contributed by atoms with Gasteiger partial charge in [0.25, 0.3) is 0 Å². The molecule has 0 radical (unpaired) electrons. The van der Waals surface area contributed by atoms with Gasteiger partial charge in [0.1, 0.15) is 28.8 Å². The minimum Gasteiger partial charge on any atom is -0.494 e. The number of ether oxygens (including phenoxy) is 2. The molecular weight excluding hydrogens is 525 g/mol. The molecule has 0 fully saturated rings. The maximum absolute atomic E-state index is 12.6. The number of benzene rings is 2. The van der Waals surface area contributed by atoms with Gasteiger partial charge in [0.05, 0.1) is 18.4 Å². The predicted octanol–water partition coefficient (Wildman–Crippen LogP) is 5.44. The smallest absolute Gasteiger partial charge is 0.494 e. The van der Waals surface area contributed by atoms with E-state index in [0.717, 1.165) is 5.69 Å². The summed E-state index contributed by atoms with van der Waals surface area (Å²) in [5, 5.41) is 19.0. The lowest BCUT2D eigenvalue weighted by atomic mass is 9.86. The second kappa shape index (κ2) is 9.84. The lowest BCUT2D eigenvalue weighted by Gasteiger charge is -2.24. The fraction of sp³-hybridized carbons (Fsp3) is 0.320. The summed E-state index contributed by atoms with van der Waals surface area (Å²) in [4.78, 5) is 8.72. The molecule has 2 aromatic carbocycles. The molecule has 2 atom stereocenters. The van der Waals surface area contributed by atoms with E-state index in [1.165, 1.54) is 12.1 Å². The van der Waals surface area contributed by atoms with Crippen LogP contribution in [0.15, 0.2) is 55.0 Å². The number of anilines is 2. The molecule has 2 aromatic heterocycles. The summed E-state index contributed by atoms with van der Waals surface area (Å²) >= 11 is 5.94. The fourth-order valence-electron chi connectivity index (χ4n) is 4.51. The highest BCUT2D eigenvalue weighted by atomic mass is 35.5. The van der Waals surface area contributed by atoms with Crippen molar-refractivity contribution in [3.8, 4) is 17.2 Å². The van der Waals surface area contributed by atoms with E-state index in [0.29, 0.717) is 53.3 Å². The van der Waals surface area contributed by atoms with Crippen LogP contribution in [0.1, 0.15) is 37.1 Å². The Morgan fingerprint density at radius 3 is 2.61 bits per heavy atom. The molecule has 38 heavy (non-hydrogen) atoms. The Morgan fingerprint density at radius 2 is 1.95 bits per heavy atom. The van der Waals surface area contributed by atoms with Crippen LogP contribution < -0.4 is 14.8 Å². The van der Waals surface area contributed by atoms with Gasteiger partial charge < -0.3 is 24.5 Å². The summed E-state index contributed by atoms with van der Waals surface area (Å²) in [6, 6.07) is 11.1. The third kappa shape index (κ3) is 5.70. The molecule has 1 aliphatic heterocycles. The molecule has 0 saturated heterocycles. The molecule has 200 valence electrons. The third-order valence-electron chi connectivity index (χ3n) is 6.30. The Balaban J connectivity index is 1.43. The van der Waals surface area contributed by atoms with Gasteiger partial charge in [-0.3, -0.25) is 0 Å². The van der Waals surface area contributed by atoms with Gasteiger partial charge in [-0.1, -0.05) is 23.7 Å². The van der Waals surface area contributed by atoms with Crippen LogP contribution in [0.5, 0.6) is 11.5 Å². The van der Waals surface area contributed by atoms with E-state index in [1.54, 1.807) is 54.0 Å². The first kappa shape index (κ1) is 25.9. The number of fused-ring (bicyclic) bond motifs is 1. The molecule has 0 spiro atoms. The van der Waals surface area contributed by atoms with Gasteiger partial charge in [0, 0.05) is 30.4 Å². The number of nitrogens with zero attached hydrogens (tertiary/aromatic N) is 5. The molecule has 3 heterocycles. The van der Waals surface area contributed by atoms with Crippen LogP contribution >= 0.6 is 11.6 Å². The molecule has 0 bridgehead atoms. The molecule has 0 amide bonds. The Hall–Kier alpha value is -3.77. The van der Waals surface area contributed by atoms with Gasteiger partial charge in [-0.15, -0.1) is 18.3 Å². The number of aryl methyl sites for hydroxylation is 1. The second-order valence-electron chi connectivity index (χ2n) is 9.25. The minimum atomic E-state index is -4.78. The normalized spacial score (nSPS) is 19.5. The van der Waals surface area contributed by atoms with Gasteiger partial charge >= 0.3 is 6.36 Å². The minimum absolute atomic E-state index is 0.319. The number of alkyl halides is 3. The Kier molecular flexibility index (Phi) is 6.70. The van der Waals surface area contributed by atoms with Gasteiger partial charge in [-0.2, -0.15) is 4.98 Å². The summed E-state index contributed by atoms with van der Waals surface area (Å²) in [5.41, 5.74) is 1.09. The zero-order chi connectivity index (χ0) is 27.1. The second-order valence-corrected chi connectivity index (χ2v) is 9.64. The zero-order valence-corrected chi connectivity index (χ0v) is 21.2. The molecular formula is C25H24ClF3N6O3. The summed E-state index contributed by atoms with van der Waals surface area (Å²) in [6.45, 7) is 2.15. The van der Waals surface area contributed by atoms with Crippen molar-refractivity contribution in [3.63, 3.8) is 0 Å². The van der Waals surface area contributed by atoms with Crippen molar-refractivity contribution in [1.29, 1.82) is 0 Å². The summed E-state index contributed by atoms with van der Waals surface area (Å²) in [7, 11) is 1.56. The largest absolute Gasteiger partial charge is 0.573 e. The third-order valence-corrected chi connectivity index (χ3v) is 6.49. The van der Waals surface area contributed by atoms with Crippen molar-refractivity contribution in [2.75, 3.05) is 12.4 Å². The highest BCUT2D eigenvalue weighted by Crippen LogP contribution is 2.38. The number of aromatic nitrogens is 5. The number of aliphatic hydroxyl groups is 1.